The molecule has 0 aliphatic carbocycles. The molecule has 1 N–H and O–H groups in total. The van der Waals surface area contributed by atoms with E-state index >= 15 is 0 Å². The first-order chi connectivity index (χ1) is 10.0. The normalized spacial score (nSPS) is 10.0. The zero-order valence-corrected chi connectivity index (χ0v) is 11.6. The number of rotatable bonds is 4. The Kier molecular flexibility index (Phi) is 4.34. The van der Waals surface area contributed by atoms with Crippen molar-refractivity contribution in [1.82, 2.24) is 4.98 Å². The zero-order chi connectivity index (χ0) is 15.4. The van der Waals surface area contributed by atoms with E-state index in [0.29, 0.717) is 5.75 Å². The van der Waals surface area contributed by atoms with Gasteiger partial charge in [-0.25, -0.2) is 0 Å². The summed E-state index contributed by atoms with van der Waals surface area (Å²) in [6.45, 7) is 0. The third-order valence-corrected chi connectivity index (χ3v) is 2.97. The second-order valence-corrected chi connectivity index (χ2v) is 4.36. The molecule has 0 saturated heterocycles. The van der Waals surface area contributed by atoms with Crippen molar-refractivity contribution in [2.75, 3.05) is 12.4 Å². The van der Waals surface area contributed by atoms with Gasteiger partial charge in [-0.05, 0) is 18.2 Å². The highest BCUT2D eigenvalue weighted by atomic mass is 35.5. The van der Waals surface area contributed by atoms with Crippen molar-refractivity contribution in [2.24, 2.45) is 0 Å². The minimum atomic E-state index is -0.605. The number of hydrogen-bond donors (Lipinski definition) is 1. The molecule has 0 radical (unpaired) electrons. The van der Waals surface area contributed by atoms with Gasteiger partial charge in [-0.15, -0.1) is 0 Å². The van der Waals surface area contributed by atoms with E-state index in [9.17, 15) is 14.9 Å². The predicted octanol–water partition coefficient (Wildman–Crippen LogP) is 2.90. The SMILES string of the molecule is COc1ccc(NC(=O)c2ccncc2Cl)c([N+](=O)[O-])c1. The molecule has 1 heterocycles. The van der Waals surface area contributed by atoms with Gasteiger partial charge >= 0.3 is 0 Å². The number of halogens is 1. The zero-order valence-electron chi connectivity index (χ0n) is 10.9. The number of nitro groups is 1. The number of anilines is 1. The van der Waals surface area contributed by atoms with Crippen molar-refractivity contribution in [3.63, 3.8) is 0 Å². The molecule has 0 spiro atoms. The predicted molar refractivity (Wildman–Crippen MR) is 76.8 cm³/mol. The summed E-state index contributed by atoms with van der Waals surface area (Å²) in [6.07, 6.45) is 2.72. The first-order valence-electron chi connectivity index (χ1n) is 5.76. The maximum atomic E-state index is 12.1. The summed E-state index contributed by atoms with van der Waals surface area (Å²) in [5.74, 6) is -0.239. The van der Waals surface area contributed by atoms with Crippen molar-refractivity contribution >= 4 is 28.9 Å². The van der Waals surface area contributed by atoms with E-state index in [1.54, 1.807) is 0 Å². The Labute approximate surface area is 124 Å². The molecule has 0 aliphatic rings. The first-order valence-corrected chi connectivity index (χ1v) is 6.14. The van der Waals surface area contributed by atoms with Crippen molar-refractivity contribution < 1.29 is 14.5 Å². The van der Waals surface area contributed by atoms with Gasteiger partial charge in [0.05, 0.1) is 28.7 Å². The minimum absolute atomic E-state index is 0.0543. The Bertz CT molecular complexity index is 706. The lowest BCUT2D eigenvalue weighted by Crippen LogP contribution is -2.13. The lowest BCUT2D eigenvalue weighted by Gasteiger charge is -2.08. The van der Waals surface area contributed by atoms with E-state index in [1.807, 2.05) is 0 Å². The fraction of sp³-hybridized carbons (Fsp3) is 0.0769. The summed E-state index contributed by atoms with van der Waals surface area (Å²) in [4.78, 5) is 26.3. The van der Waals surface area contributed by atoms with Crippen LogP contribution in [0.1, 0.15) is 10.4 Å². The number of pyridine rings is 1. The smallest absolute Gasteiger partial charge is 0.296 e. The monoisotopic (exact) mass is 307 g/mol. The van der Waals surface area contributed by atoms with Crippen LogP contribution in [0.4, 0.5) is 11.4 Å². The van der Waals surface area contributed by atoms with Crippen LogP contribution in [0.5, 0.6) is 5.75 Å². The number of aromatic nitrogens is 1. The van der Waals surface area contributed by atoms with Crippen LogP contribution < -0.4 is 10.1 Å². The molecule has 2 aromatic rings. The number of nitro benzene ring substituents is 1. The summed E-state index contributed by atoms with van der Waals surface area (Å²) in [5, 5.41) is 13.6. The minimum Gasteiger partial charge on any atom is -0.496 e. The van der Waals surface area contributed by atoms with Gasteiger partial charge in [0.1, 0.15) is 11.4 Å². The van der Waals surface area contributed by atoms with Gasteiger partial charge in [0.15, 0.2) is 0 Å². The molecule has 7 nitrogen and oxygen atoms in total. The maximum Gasteiger partial charge on any atom is 0.296 e. The Morgan fingerprint density at radius 3 is 2.81 bits per heavy atom. The van der Waals surface area contributed by atoms with Crippen LogP contribution in [0.25, 0.3) is 0 Å². The summed E-state index contributed by atoms with van der Waals surface area (Å²) >= 11 is 5.86. The van der Waals surface area contributed by atoms with E-state index in [0.717, 1.165) is 0 Å². The fourth-order valence-electron chi connectivity index (χ4n) is 1.64. The van der Waals surface area contributed by atoms with E-state index in [4.69, 9.17) is 16.3 Å². The number of benzene rings is 1. The molecule has 1 amide bonds. The third-order valence-electron chi connectivity index (χ3n) is 2.67. The van der Waals surface area contributed by atoms with Gasteiger partial charge < -0.3 is 10.1 Å². The van der Waals surface area contributed by atoms with Crippen LogP contribution in [0.2, 0.25) is 5.02 Å². The lowest BCUT2D eigenvalue weighted by molar-refractivity contribution is -0.384. The number of amides is 1. The molecule has 1 aromatic heterocycles. The average molecular weight is 308 g/mol. The molecular weight excluding hydrogens is 298 g/mol. The first kappa shape index (κ1) is 14.7. The molecule has 0 atom stereocenters. The van der Waals surface area contributed by atoms with Gasteiger partial charge in [-0.2, -0.15) is 0 Å². The van der Waals surface area contributed by atoms with Crippen molar-refractivity contribution in [3.05, 3.63) is 57.4 Å². The number of nitrogens with zero attached hydrogens (tertiary/aromatic N) is 2. The third kappa shape index (κ3) is 3.26. The van der Waals surface area contributed by atoms with Crippen LogP contribution >= 0.6 is 11.6 Å². The van der Waals surface area contributed by atoms with Gasteiger partial charge in [-0.3, -0.25) is 19.9 Å². The number of methoxy groups -OCH3 is 1. The molecule has 2 rings (SSSR count). The molecule has 0 saturated carbocycles. The Morgan fingerprint density at radius 2 is 2.19 bits per heavy atom. The van der Waals surface area contributed by atoms with Crippen molar-refractivity contribution in [2.45, 2.75) is 0 Å². The standard InChI is InChI=1S/C13H10ClN3O4/c1-21-8-2-3-11(12(6-8)17(19)20)16-13(18)9-4-5-15-7-10(9)14/h2-7H,1H3,(H,16,18). The van der Waals surface area contributed by atoms with E-state index in [2.05, 4.69) is 10.3 Å². The quantitative estimate of drug-likeness (QED) is 0.692. The molecule has 21 heavy (non-hydrogen) atoms. The largest absolute Gasteiger partial charge is 0.496 e. The highest BCUT2D eigenvalue weighted by Crippen LogP contribution is 2.29. The second kappa shape index (κ2) is 6.19. The van der Waals surface area contributed by atoms with Crippen LogP contribution in [0, 0.1) is 10.1 Å². The Balaban J connectivity index is 2.33. The summed E-state index contributed by atoms with van der Waals surface area (Å²) in [7, 11) is 1.40. The molecule has 108 valence electrons. The van der Waals surface area contributed by atoms with E-state index in [-0.39, 0.29) is 22.0 Å². The number of nitrogens with one attached hydrogen (secondary N) is 1. The Hall–Kier alpha value is -2.67. The van der Waals surface area contributed by atoms with Gasteiger partial charge in [-0.1, -0.05) is 11.6 Å². The highest BCUT2D eigenvalue weighted by Gasteiger charge is 2.19. The molecule has 8 heteroatoms. The molecule has 0 aliphatic heterocycles. The van der Waals surface area contributed by atoms with Crippen molar-refractivity contribution in [1.29, 1.82) is 0 Å². The van der Waals surface area contributed by atoms with Crippen LogP contribution in [-0.2, 0) is 0 Å². The number of carbonyl (C=O) groups excluding carboxylic acids is 1. The highest BCUT2D eigenvalue weighted by molar-refractivity contribution is 6.34. The van der Waals surface area contributed by atoms with Gasteiger partial charge in [0.2, 0.25) is 0 Å². The summed E-state index contributed by atoms with van der Waals surface area (Å²) in [6, 6.07) is 5.55. The molecule has 0 unspecified atom stereocenters. The second-order valence-electron chi connectivity index (χ2n) is 3.95. The topological polar surface area (TPSA) is 94.4 Å². The van der Waals surface area contributed by atoms with Gasteiger partial charge in [0, 0.05) is 12.4 Å². The molecule has 0 bridgehead atoms. The molecule has 1 aromatic carbocycles. The molecular formula is C13H10ClN3O4. The van der Waals surface area contributed by atoms with Crippen LogP contribution in [0.3, 0.4) is 0 Å². The van der Waals surface area contributed by atoms with Crippen LogP contribution in [0.15, 0.2) is 36.7 Å². The van der Waals surface area contributed by atoms with E-state index < -0.39 is 10.8 Å². The lowest BCUT2D eigenvalue weighted by atomic mass is 10.2. The number of hydrogen-bond acceptors (Lipinski definition) is 5. The number of ether oxygens (including phenoxy) is 1. The maximum absolute atomic E-state index is 12.1. The Morgan fingerprint density at radius 1 is 1.43 bits per heavy atom. The summed E-state index contributed by atoms with van der Waals surface area (Å²) in [5.41, 5.74) is -0.0386. The van der Waals surface area contributed by atoms with Gasteiger partial charge in [0.25, 0.3) is 11.6 Å². The van der Waals surface area contributed by atoms with Crippen LogP contribution in [-0.4, -0.2) is 22.9 Å². The molecule has 0 fully saturated rings. The summed E-state index contributed by atoms with van der Waals surface area (Å²) < 4.78 is 4.92. The average Bonchev–Trinajstić information content (AvgIpc) is 2.47. The fourth-order valence-corrected chi connectivity index (χ4v) is 1.85. The van der Waals surface area contributed by atoms with E-state index in [1.165, 1.54) is 43.8 Å². The number of carbonyl (C=O) groups is 1. The van der Waals surface area contributed by atoms with Crippen molar-refractivity contribution in [3.8, 4) is 5.75 Å².